The number of pyridine rings is 1. The molecule has 2 rings (SSSR count). The zero-order valence-electron chi connectivity index (χ0n) is 8.87. The van der Waals surface area contributed by atoms with Gasteiger partial charge < -0.3 is 11.1 Å². The highest BCUT2D eigenvalue weighted by atomic mass is 79.9. The van der Waals surface area contributed by atoms with Gasteiger partial charge in [0.2, 0.25) is 5.91 Å². The molecule has 16 heavy (non-hydrogen) atoms. The zero-order valence-corrected chi connectivity index (χ0v) is 10.5. The third-order valence-electron chi connectivity index (χ3n) is 2.88. The quantitative estimate of drug-likeness (QED) is 0.892. The van der Waals surface area contributed by atoms with Crippen LogP contribution in [0.15, 0.2) is 22.8 Å². The Labute approximate surface area is 103 Å². The lowest BCUT2D eigenvalue weighted by molar-refractivity contribution is -0.118. The molecule has 4 nitrogen and oxygen atoms in total. The molecule has 3 N–H and O–H groups in total. The number of nitrogens with two attached hydrogens (primary N) is 1. The average Bonchev–Trinajstić information content (AvgIpc) is 2.19. The highest BCUT2D eigenvalue weighted by Gasteiger charge is 2.34. The number of nitrogens with one attached hydrogen (secondary N) is 1. The number of hydrogen-bond acceptors (Lipinski definition) is 3. The number of halogens is 1. The van der Waals surface area contributed by atoms with Crippen LogP contribution in [0.4, 0.5) is 5.82 Å². The molecular formula is C11H14BrN3O. The molecule has 0 bridgehead atoms. The first-order valence-corrected chi connectivity index (χ1v) is 6.08. The van der Waals surface area contributed by atoms with Gasteiger partial charge in [-0.2, -0.15) is 0 Å². The van der Waals surface area contributed by atoms with Gasteiger partial charge >= 0.3 is 0 Å². The van der Waals surface area contributed by atoms with Crippen molar-refractivity contribution in [3.8, 4) is 0 Å². The second-order valence-corrected chi connectivity index (χ2v) is 5.13. The Kier molecular flexibility index (Phi) is 3.25. The lowest BCUT2D eigenvalue weighted by atomic mass is 9.75. The Morgan fingerprint density at radius 2 is 2.38 bits per heavy atom. The molecule has 0 aromatic carbocycles. The molecule has 1 fully saturated rings. The van der Waals surface area contributed by atoms with Crippen molar-refractivity contribution < 1.29 is 4.79 Å². The van der Waals surface area contributed by atoms with Gasteiger partial charge in [-0.05, 0) is 47.3 Å². The van der Waals surface area contributed by atoms with Crippen LogP contribution >= 0.6 is 15.9 Å². The monoisotopic (exact) mass is 283 g/mol. The Morgan fingerprint density at radius 1 is 1.62 bits per heavy atom. The predicted octanol–water partition coefficient (Wildman–Crippen LogP) is 2.05. The summed E-state index contributed by atoms with van der Waals surface area (Å²) in [5.74, 6) is 0.483. The van der Waals surface area contributed by atoms with Crippen LogP contribution in [-0.2, 0) is 4.79 Å². The van der Waals surface area contributed by atoms with E-state index in [1.54, 1.807) is 12.3 Å². The van der Waals surface area contributed by atoms with Gasteiger partial charge in [-0.15, -0.1) is 0 Å². The Bertz CT molecular complexity index is 404. The van der Waals surface area contributed by atoms with E-state index in [1.807, 2.05) is 6.07 Å². The minimum Gasteiger partial charge on any atom is -0.325 e. The highest BCUT2D eigenvalue weighted by molar-refractivity contribution is 9.10. The zero-order chi connectivity index (χ0) is 11.6. The minimum absolute atomic E-state index is 0.0680. The maximum atomic E-state index is 11.7. The molecule has 1 aromatic heterocycles. The van der Waals surface area contributed by atoms with Crippen molar-refractivity contribution in [2.24, 2.45) is 5.73 Å². The van der Waals surface area contributed by atoms with Crippen LogP contribution < -0.4 is 11.1 Å². The maximum absolute atomic E-state index is 11.7. The molecule has 0 aliphatic heterocycles. The summed E-state index contributed by atoms with van der Waals surface area (Å²) in [4.78, 5) is 15.8. The van der Waals surface area contributed by atoms with Crippen LogP contribution in [0.3, 0.4) is 0 Å². The molecule has 0 saturated heterocycles. The number of aromatic nitrogens is 1. The molecule has 0 atom stereocenters. The molecule has 1 heterocycles. The molecule has 5 heteroatoms. The average molecular weight is 284 g/mol. The Morgan fingerprint density at radius 3 is 2.94 bits per heavy atom. The second-order valence-electron chi connectivity index (χ2n) is 4.27. The summed E-state index contributed by atoms with van der Waals surface area (Å²) in [5, 5.41) is 2.76. The van der Waals surface area contributed by atoms with Crippen LogP contribution in [0.5, 0.6) is 0 Å². The maximum Gasteiger partial charge on any atom is 0.227 e. The molecule has 0 spiro atoms. The van der Waals surface area contributed by atoms with E-state index >= 15 is 0 Å². The molecule has 1 aromatic rings. The summed E-state index contributed by atoms with van der Waals surface area (Å²) in [7, 11) is 0. The number of anilines is 1. The fourth-order valence-corrected chi connectivity index (χ4v) is 2.14. The van der Waals surface area contributed by atoms with Gasteiger partial charge in [0.25, 0.3) is 0 Å². The van der Waals surface area contributed by atoms with Gasteiger partial charge in [-0.1, -0.05) is 0 Å². The van der Waals surface area contributed by atoms with E-state index in [-0.39, 0.29) is 11.4 Å². The van der Waals surface area contributed by atoms with E-state index in [2.05, 4.69) is 26.2 Å². The van der Waals surface area contributed by atoms with E-state index in [0.29, 0.717) is 12.2 Å². The number of carbonyl (C=O) groups is 1. The van der Waals surface area contributed by atoms with E-state index < -0.39 is 0 Å². The summed E-state index contributed by atoms with van der Waals surface area (Å²) in [6.45, 7) is 0. The third-order valence-corrected chi connectivity index (χ3v) is 3.52. The van der Waals surface area contributed by atoms with E-state index in [9.17, 15) is 4.79 Å². The Hall–Kier alpha value is -0.940. The van der Waals surface area contributed by atoms with Crippen LogP contribution in [-0.4, -0.2) is 16.4 Å². The van der Waals surface area contributed by atoms with Gasteiger partial charge in [0, 0.05) is 18.2 Å². The number of amides is 1. The number of rotatable bonds is 3. The van der Waals surface area contributed by atoms with Gasteiger partial charge in [-0.25, -0.2) is 4.98 Å². The molecule has 1 aliphatic rings. The van der Waals surface area contributed by atoms with Crippen molar-refractivity contribution in [2.75, 3.05) is 5.32 Å². The van der Waals surface area contributed by atoms with Gasteiger partial charge in [0.05, 0.1) is 4.47 Å². The predicted molar refractivity (Wildman–Crippen MR) is 66.0 cm³/mol. The van der Waals surface area contributed by atoms with Crippen molar-refractivity contribution >= 4 is 27.7 Å². The molecule has 1 saturated carbocycles. The number of carbonyl (C=O) groups excluding carboxylic acids is 1. The normalized spacial score (nSPS) is 17.6. The van der Waals surface area contributed by atoms with Crippen LogP contribution in [0.1, 0.15) is 25.7 Å². The summed E-state index contributed by atoms with van der Waals surface area (Å²) < 4.78 is 0.781. The fraction of sp³-hybridized carbons (Fsp3) is 0.455. The fourth-order valence-electron chi connectivity index (χ4n) is 1.78. The smallest absolute Gasteiger partial charge is 0.227 e. The molecule has 86 valence electrons. The summed E-state index contributed by atoms with van der Waals surface area (Å²) in [6, 6.07) is 3.64. The molecule has 0 radical (unpaired) electrons. The van der Waals surface area contributed by atoms with E-state index in [0.717, 1.165) is 23.7 Å². The molecular weight excluding hydrogens is 270 g/mol. The minimum atomic E-state index is -0.286. The molecule has 1 aliphatic carbocycles. The first-order chi connectivity index (χ1) is 7.59. The number of nitrogens with zero attached hydrogens (tertiary/aromatic N) is 1. The van der Waals surface area contributed by atoms with Crippen LogP contribution in [0.2, 0.25) is 0 Å². The van der Waals surface area contributed by atoms with E-state index in [1.165, 1.54) is 0 Å². The van der Waals surface area contributed by atoms with Crippen LogP contribution in [0.25, 0.3) is 0 Å². The topological polar surface area (TPSA) is 68.0 Å². The first-order valence-electron chi connectivity index (χ1n) is 5.28. The summed E-state index contributed by atoms with van der Waals surface area (Å²) >= 11 is 3.33. The van der Waals surface area contributed by atoms with Crippen molar-refractivity contribution in [3.63, 3.8) is 0 Å². The van der Waals surface area contributed by atoms with E-state index in [4.69, 9.17) is 5.73 Å². The standard InChI is InChI=1S/C11H14BrN3O/c12-8-3-1-6-14-10(8)15-9(16)7-11(13)4-2-5-11/h1,3,6H,2,4-5,7,13H2,(H,14,15,16). The van der Waals surface area contributed by atoms with Crippen molar-refractivity contribution in [1.82, 2.24) is 4.98 Å². The second kappa shape index (κ2) is 4.51. The van der Waals surface area contributed by atoms with Crippen LogP contribution in [0, 0.1) is 0 Å². The van der Waals surface area contributed by atoms with Gasteiger partial charge in [0.1, 0.15) is 5.82 Å². The van der Waals surface area contributed by atoms with Crippen molar-refractivity contribution in [3.05, 3.63) is 22.8 Å². The molecule has 0 unspecified atom stereocenters. The van der Waals surface area contributed by atoms with Crippen molar-refractivity contribution in [2.45, 2.75) is 31.2 Å². The van der Waals surface area contributed by atoms with Crippen molar-refractivity contribution in [1.29, 1.82) is 0 Å². The third kappa shape index (κ3) is 2.59. The Balaban J connectivity index is 1.95. The summed E-state index contributed by atoms with van der Waals surface area (Å²) in [5.41, 5.74) is 5.72. The van der Waals surface area contributed by atoms with Gasteiger partial charge in [0.15, 0.2) is 0 Å². The molecule has 1 amide bonds. The largest absolute Gasteiger partial charge is 0.325 e. The van der Waals surface area contributed by atoms with Gasteiger partial charge in [-0.3, -0.25) is 4.79 Å². The lowest BCUT2D eigenvalue weighted by Crippen LogP contribution is -2.49. The highest BCUT2D eigenvalue weighted by Crippen LogP contribution is 2.32. The lowest BCUT2D eigenvalue weighted by Gasteiger charge is -2.37. The number of hydrogen-bond donors (Lipinski definition) is 2. The summed E-state index contributed by atoms with van der Waals surface area (Å²) in [6.07, 6.45) is 5.00. The first kappa shape index (κ1) is 11.5. The SMILES string of the molecule is NC1(CC(=O)Nc2ncccc2Br)CCC1.